The number of ether oxygens (including phenoxy) is 5. The molecule has 2 N–H and O–H groups in total. The van der Waals surface area contributed by atoms with Crippen molar-refractivity contribution in [3.05, 3.63) is 12.2 Å². The molecule has 5 aliphatic rings. The van der Waals surface area contributed by atoms with E-state index in [-0.39, 0.29) is 42.4 Å². The molecule has 0 aromatic heterocycles. The standard InChI is InChI=1S/C27H42O8/c1-15-9-19(32-14-15)3-4-21-12-22(29)27(34-21)25-13-23(30)26-24(35-25)6-5-20(33-26)11-18(28)10-17-7-8-31-16(17)2/h16-17,19-27,29-30H,1,3-14H2,2H3/t16-,17?,19?,20?,21?,22+,23?,24?,25?,26?,27?/m0/s1. The Morgan fingerprint density at radius 2 is 1.63 bits per heavy atom. The molecule has 0 radical (unpaired) electrons. The van der Waals surface area contributed by atoms with E-state index in [1.165, 1.54) is 0 Å². The van der Waals surface area contributed by atoms with E-state index in [1.54, 1.807) is 0 Å². The van der Waals surface area contributed by atoms with Crippen LogP contribution in [0.2, 0.25) is 0 Å². The van der Waals surface area contributed by atoms with Crippen LogP contribution in [0.4, 0.5) is 0 Å². The highest BCUT2D eigenvalue weighted by atomic mass is 16.6. The molecular weight excluding hydrogens is 452 g/mol. The quantitative estimate of drug-likeness (QED) is 0.496. The number of aliphatic hydroxyl groups is 2. The Morgan fingerprint density at radius 3 is 2.37 bits per heavy atom. The summed E-state index contributed by atoms with van der Waals surface area (Å²) >= 11 is 0. The predicted octanol–water partition coefficient (Wildman–Crippen LogP) is 2.47. The van der Waals surface area contributed by atoms with Crippen molar-refractivity contribution in [2.45, 2.75) is 132 Å². The largest absolute Gasteiger partial charge is 0.390 e. The van der Waals surface area contributed by atoms with Crippen LogP contribution in [0.5, 0.6) is 0 Å². The SMILES string of the molecule is C=C1COC(CCC2C[C@@H](O)C(C3CC(O)C4OC(CC(=O)CC5CCO[C@H]5C)CCC4O3)O2)C1. The van der Waals surface area contributed by atoms with E-state index >= 15 is 0 Å². The molecule has 0 amide bonds. The Bertz CT molecular complexity index is 757. The van der Waals surface area contributed by atoms with Crippen molar-refractivity contribution in [1.29, 1.82) is 0 Å². The molecule has 5 saturated heterocycles. The zero-order valence-corrected chi connectivity index (χ0v) is 20.9. The Kier molecular flexibility index (Phi) is 8.28. The fraction of sp³-hybridized carbons (Fsp3) is 0.889. The topological polar surface area (TPSA) is 104 Å². The third kappa shape index (κ3) is 6.17. The second-order valence-corrected chi connectivity index (χ2v) is 11.4. The van der Waals surface area contributed by atoms with Gasteiger partial charge in [0.1, 0.15) is 18.0 Å². The summed E-state index contributed by atoms with van der Waals surface area (Å²) in [5.74, 6) is 0.510. The molecule has 198 valence electrons. The molecule has 5 fully saturated rings. The summed E-state index contributed by atoms with van der Waals surface area (Å²) in [6.45, 7) is 7.40. The van der Waals surface area contributed by atoms with Gasteiger partial charge in [-0.2, -0.15) is 0 Å². The predicted molar refractivity (Wildman–Crippen MR) is 127 cm³/mol. The molecule has 0 bridgehead atoms. The summed E-state index contributed by atoms with van der Waals surface area (Å²) < 4.78 is 30.0. The lowest BCUT2D eigenvalue weighted by atomic mass is 9.87. The molecule has 0 aliphatic carbocycles. The van der Waals surface area contributed by atoms with Gasteiger partial charge in [-0.05, 0) is 56.9 Å². The van der Waals surface area contributed by atoms with Gasteiger partial charge in [-0.1, -0.05) is 6.58 Å². The highest BCUT2D eigenvalue weighted by Crippen LogP contribution is 2.38. The molecule has 5 aliphatic heterocycles. The van der Waals surface area contributed by atoms with Gasteiger partial charge in [-0.15, -0.1) is 0 Å². The summed E-state index contributed by atoms with van der Waals surface area (Å²) in [5.41, 5.74) is 1.14. The molecule has 35 heavy (non-hydrogen) atoms. The van der Waals surface area contributed by atoms with E-state index in [2.05, 4.69) is 6.58 Å². The Hall–Kier alpha value is -0.870. The first-order valence-electron chi connectivity index (χ1n) is 13.6. The van der Waals surface area contributed by atoms with Crippen molar-refractivity contribution in [3.8, 4) is 0 Å². The van der Waals surface area contributed by atoms with Crippen LogP contribution < -0.4 is 0 Å². The molecule has 8 nitrogen and oxygen atoms in total. The minimum Gasteiger partial charge on any atom is -0.390 e. The van der Waals surface area contributed by atoms with Crippen LogP contribution >= 0.6 is 0 Å². The number of aliphatic hydroxyl groups excluding tert-OH is 2. The number of ketones is 1. The summed E-state index contributed by atoms with van der Waals surface area (Å²) in [4.78, 5) is 12.6. The van der Waals surface area contributed by atoms with Crippen molar-refractivity contribution >= 4 is 5.78 Å². The molecule has 5 heterocycles. The van der Waals surface area contributed by atoms with Gasteiger partial charge in [0, 0.05) is 32.3 Å². The lowest BCUT2D eigenvalue weighted by molar-refractivity contribution is -0.247. The molecule has 0 spiro atoms. The average molecular weight is 495 g/mol. The summed E-state index contributed by atoms with van der Waals surface area (Å²) in [5, 5.41) is 21.6. The zero-order valence-electron chi connectivity index (χ0n) is 20.9. The second kappa shape index (κ2) is 11.3. The van der Waals surface area contributed by atoms with Crippen LogP contribution in [0.3, 0.4) is 0 Å². The lowest BCUT2D eigenvalue weighted by Crippen LogP contribution is -2.57. The number of carbonyl (C=O) groups is 1. The van der Waals surface area contributed by atoms with Crippen LogP contribution in [-0.2, 0) is 28.5 Å². The van der Waals surface area contributed by atoms with Crippen molar-refractivity contribution in [3.63, 3.8) is 0 Å². The average Bonchev–Trinajstić information content (AvgIpc) is 3.53. The van der Waals surface area contributed by atoms with Gasteiger partial charge in [0.25, 0.3) is 0 Å². The van der Waals surface area contributed by atoms with Gasteiger partial charge in [0.15, 0.2) is 0 Å². The van der Waals surface area contributed by atoms with Gasteiger partial charge in [-0.25, -0.2) is 0 Å². The Morgan fingerprint density at radius 1 is 0.886 bits per heavy atom. The number of fused-ring (bicyclic) bond motifs is 1. The number of hydrogen-bond donors (Lipinski definition) is 2. The number of hydrogen-bond acceptors (Lipinski definition) is 8. The summed E-state index contributed by atoms with van der Waals surface area (Å²) in [7, 11) is 0. The van der Waals surface area contributed by atoms with Crippen molar-refractivity contribution < 1.29 is 38.7 Å². The highest BCUT2D eigenvalue weighted by molar-refractivity contribution is 5.79. The van der Waals surface area contributed by atoms with E-state index < -0.39 is 24.4 Å². The van der Waals surface area contributed by atoms with E-state index in [0.29, 0.717) is 38.2 Å². The van der Waals surface area contributed by atoms with Crippen LogP contribution in [0.15, 0.2) is 12.2 Å². The fourth-order valence-corrected chi connectivity index (χ4v) is 6.59. The maximum absolute atomic E-state index is 12.6. The molecule has 9 unspecified atom stereocenters. The Labute approximate surface area is 208 Å². The molecule has 11 atom stereocenters. The van der Waals surface area contributed by atoms with Crippen LogP contribution in [0.1, 0.15) is 71.1 Å². The van der Waals surface area contributed by atoms with Crippen molar-refractivity contribution in [2.75, 3.05) is 13.2 Å². The number of rotatable bonds is 8. The van der Waals surface area contributed by atoms with Crippen molar-refractivity contribution in [2.24, 2.45) is 5.92 Å². The molecular formula is C27H42O8. The van der Waals surface area contributed by atoms with Gasteiger partial charge >= 0.3 is 0 Å². The number of Topliss-reactive ketones (excluding diaryl/α,β-unsaturated/α-hetero) is 1. The van der Waals surface area contributed by atoms with Gasteiger partial charge in [0.05, 0.1) is 55.4 Å². The lowest BCUT2D eigenvalue weighted by Gasteiger charge is -2.46. The van der Waals surface area contributed by atoms with E-state index in [0.717, 1.165) is 50.7 Å². The van der Waals surface area contributed by atoms with Crippen molar-refractivity contribution in [1.82, 2.24) is 0 Å². The van der Waals surface area contributed by atoms with Crippen LogP contribution in [-0.4, -0.2) is 90.2 Å². The summed E-state index contributed by atoms with van der Waals surface area (Å²) in [6.07, 6.45) is 4.23. The maximum Gasteiger partial charge on any atom is 0.135 e. The van der Waals surface area contributed by atoms with E-state index in [9.17, 15) is 15.0 Å². The summed E-state index contributed by atoms with van der Waals surface area (Å²) in [6, 6.07) is 0. The number of carbonyl (C=O) groups excluding carboxylic acids is 1. The van der Waals surface area contributed by atoms with E-state index in [4.69, 9.17) is 23.7 Å². The van der Waals surface area contributed by atoms with Crippen LogP contribution in [0, 0.1) is 5.92 Å². The first-order valence-corrected chi connectivity index (χ1v) is 13.6. The third-order valence-corrected chi connectivity index (χ3v) is 8.62. The van der Waals surface area contributed by atoms with E-state index in [1.807, 2.05) is 6.92 Å². The molecule has 0 aromatic carbocycles. The second-order valence-electron chi connectivity index (χ2n) is 11.4. The first-order chi connectivity index (χ1) is 16.9. The highest BCUT2D eigenvalue weighted by Gasteiger charge is 2.49. The first kappa shape index (κ1) is 25.8. The van der Waals surface area contributed by atoms with Gasteiger partial charge < -0.3 is 33.9 Å². The smallest absolute Gasteiger partial charge is 0.135 e. The maximum atomic E-state index is 12.6. The van der Waals surface area contributed by atoms with Gasteiger partial charge in [0.2, 0.25) is 0 Å². The monoisotopic (exact) mass is 494 g/mol. The zero-order chi connectivity index (χ0) is 24.5. The fourth-order valence-electron chi connectivity index (χ4n) is 6.59. The van der Waals surface area contributed by atoms with Gasteiger partial charge in [-0.3, -0.25) is 4.79 Å². The normalized spacial score (nSPS) is 46.1. The molecule has 0 aromatic rings. The minimum absolute atomic E-state index is 0.0306. The molecule has 5 rings (SSSR count). The van der Waals surface area contributed by atoms with Crippen LogP contribution in [0.25, 0.3) is 0 Å². The molecule has 0 saturated carbocycles. The Balaban J connectivity index is 1.08. The third-order valence-electron chi connectivity index (χ3n) is 8.62. The minimum atomic E-state index is -0.701. The molecule has 8 heteroatoms.